The molecule has 0 aliphatic rings. The Balaban J connectivity index is 2.37. The lowest BCUT2D eigenvalue weighted by Crippen LogP contribution is -2.20. The normalized spacial score (nSPS) is 10.9. The first kappa shape index (κ1) is 14.9. The molecular weight excluding hydrogens is 222 g/mol. The molecule has 0 aromatic heterocycles. The Hall–Kier alpha value is -1.15. The van der Waals surface area contributed by atoms with Crippen LogP contribution in [0.3, 0.4) is 0 Å². The maximum Gasteiger partial charge on any atom is 0.160 e. The van der Waals surface area contributed by atoms with Crippen LogP contribution in [-0.2, 0) is 6.42 Å². The van der Waals surface area contributed by atoms with Crippen molar-refractivity contribution in [1.82, 2.24) is 4.90 Å². The van der Waals surface area contributed by atoms with E-state index in [0.717, 1.165) is 24.9 Å². The molecule has 18 heavy (non-hydrogen) atoms. The summed E-state index contributed by atoms with van der Waals surface area (Å²) in [6, 6.07) is 7.97. The maximum absolute atomic E-state index is 11.5. The van der Waals surface area contributed by atoms with E-state index in [9.17, 15) is 4.79 Å². The Kier molecular flexibility index (Phi) is 6.66. The fourth-order valence-corrected chi connectivity index (χ4v) is 2.27. The van der Waals surface area contributed by atoms with Gasteiger partial charge in [-0.1, -0.05) is 31.2 Å². The molecule has 0 N–H and O–H groups in total. The zero-order valence-corrected chi connectivity index (χ0v) is 11.9. The van der Waals surface area contributed by atoms with Crippen LogP contribution in [0.25, 0.3) is 0 Å². The van der Waals surface area contributed by atoms with Crippen molar-refractivity contribution in [3.8, 4) is 0 Å². The minimum atomic E-state index is 0.175. The summed E-state index contributed by atoms with van der Waals surface area (Å²) in [5.41, 5.74) is 2.09. The number of ketones is 1. The van der Waals surface area contributed by atoms with Gasteiger partial charge in [-0.15, -0.1) is 0 Å². The van der Waals surface area contributed by atoms with Crippen LogP contribution in [-0.4, -0.2) is 30.8 Å². The van der Waals surface area contributed by atoms with Crippen molar-refractivity contribution in [3.05, 3.63) is 35.4 Å². The molecule has 0 atom stereocenters. The third-order valence-electron chi connectivity index (χ3n) is 3.24. The van der Waals surface area contributed by atoms with Gasteiger partial charge in [-0.05, 0) is 58.3 Å². The van der Waals surface area contributed by atoms with Crippen molar-refractivity contribution >= 4 is 5.78 Å². The van der Waals surface area contributed by atoms with Crippen LogP contribution in [0.4, 0.5) is 0 Å². The number of rotatable bonds is 8. The van der Waals surface area contributed by atoms with Gasteiger partial charge in [0.1, 0.15) is 0 Å². The summed E-state index contributed by atoms with van der Waals surface area (Å²) in [4.78, 5) is 13.9. The number of carbonyl (C=O) groups excluding carboxylic acids is 1. The molecule has 1 aromatic carbocycles. The molecule has 0 fully saturated rings. The molecule has 0 saturated heterocycles. The second kappa shape index (κ2) is 8.04. The summed E-state index contributed by atoms with van der Waals surface area (Å²) in [7, 11) is 2.17. The molecule has 2 heteroatoms. The fraction of sp³-hybridized carbons (Fsp3) is 0.562. The highest BCUT2D eigenvalue weighted by Crippen LogP contribution is 2.12. The van der Waals surface area contributed by atoms with Crippen molar-refractivity contribution in [2.75, 3.05) is 20.1 Å². The minimum Gasteiger partial charge on any atom is -0.306 e. The Labute approximate surface area is 111 Å². The number of carbonyl (C=O) groups is 1. The predicted molar refractivity (Wildman–Crippen MR) is 77.2 cm³/mol. The molecule has 0 bridgehead atoms. The molecule has 0 saturated carbocycles. The number of hydrogen-bond acceptors (Lipinski definition) is 2. The largest absolute Gasteiger partial charge is 0.306 e. The highest BCUT2D eigenvalue weighted by atomic mass is 16.1. The molecule has 0 aliphatic carbocycles. The van der Waals surface area contributed by atoms with Gasteiger partial charge in [-0.25, -0.2) is 0 Å². The molecule has 1 rings (SSSR count). The van der Waals surface area contributed by atoms with E-state index < -0.39 is 0 Å². The van der Waals surface area contributed by atoms with Crippen molar-refractivity contribution < 1.29 is 4.79 Å². The van der Waals surface area contributed by atoms with Crippen molar-refractivity contribution in [2.45, 2.75) is 39.5 Å². The van der Waals surface area contributed by atoms with Crippen LogP contribution in [0.2, 0.25) is 0 Å². The lowest BCUT2D eigenvalue weighted by molar-refractivity contribution is 0.101. The highest BCUT2D eigenvalue weighted by molar-refractivity contribution is 5.95. The molecular formula is C16H25NO. The van der Waals surface area contributed by atoms with Crippen molar-refractivity contribution in [1.29, 1.82) is 0 Å². The third kappa shape index (κ3) is 5.01. The number of nitrogens with zero attached hydrogens (tertiary/aromatic N) is 1. The number of Topliss-reactive ketones (excluding diaryl/α,β-unsaturated/α-hetero) is 1. The molecule has 0 spiro atoms. The molecule has 0 aliphatic heterocycles. The lowest BCUT2D eigenvalue weighted by atomic mass is 9.99. The third-order valence-corrected chi connectivity index (χ3v) is 3.24. The first-order valence-electron chi connectivity index (χ1n) is 6.92. The molecule has 0 radical (unpaired) electrons. The first-order chi connectivity index (χ1) is 8.65. The Bertz CT molecular complexity index is 373. The highest BCUT2D eigenvalue weighted by Gasteiger charge is 2.05. The van der Waals surface area contributed by atoms with E-state index in [-0.39, 0.29) is 5.78 Å². The summed E-state index contributed by atoms with van der Waals surface area (Å²) >= 11 is 0. The van der Waals surface area contributed by atoms with E-state index in [4.69, 9.17) is 0 Å². The van der Waals surface area contributed by atoms with E-state index in [2.05, 4.69) is 24.9 Å². The van der Waals surface area contributed by atoms with Crippen LogP contribution in [0.15, 0.2) is 24.3 Å². The van der Waals surface area contributed by atoms with Gasteiger partial charge < -0.3 is 4.90 Å². The SMILES string of the molecule is CCCN(C)CCCCc1ccccc1C(C)=O. The second-order valence-corrected chi connectivity index (χ2v) is 4.97. The Morgan fingerprint density at radius 3 is 2.56 bits per heavy atom. The van der Waals surface area contributed by atoms with Crippen molar-refractivity contribution in [2.24, 2.45) is 0 Å². The number of unbranched alkanes of at least 4 members (excludes halogenated alkanes) is 1. The van der Waals surface area contributed by atoms with Gasteiger partial charge in [0, 0.05) is 5.56 Å². The molecule has 0 heterocycles. The quantitative estimate of drug-likeness (QED) is 0.517. The van der Waals surface area contributed by atoms with Gasteiger partial charge in [-0.2, -0.15) is 0 Å². The van der Waals surface area contributed by atoms with Crippen LogP contribution in [0.5, 0.6) is 0 Å². The van der Waals surface area contributed by atoms with E-state index in [1.54, 1.807) is 6.92 Å². The standard InChI is InChI=1S/C16H25NO/c1-4-12-17(3)13-8-7-10-15-9-5-6-11-16(15)14(2)18/h5-6,9,11H,4,7-8,10,12-13H2,1-3H3. The summed E-state index contributed by atoms with van der Waals surface area (Å²) in [6.45, 7) is 6.17. The summed E-state index contributed by atoms with van der Waals surface area (Å²) in [6.07, 6.45) is 4.57. The smallest absolute Gasteiger partial charge is 0.160 e. The van der Waals surface area contributed by atoms with Crippen molar-refractivity contribution in [3.63, 3.8) is 0 Å². The molecule has 1 aromatic rings. The zero-order chi connectivity index (χ0) is 13.4. The Morgan fingerprint density at radius 2 is 1.89 bits per heavy atom. The fourth-order valence-electron chi connectivity index (χ4n) is 2.27. The second-order valence-electron chi connectivity index (χ2n) is 4.97. The van der Waals surface area contributed by atoms with E-state index >= 15 is 0 Å². The summed E-state index contributed by atoms with van der Waals surface area (Å²) in [5, 5.41) is 0. The van der Waals surface area contributed by atoms with Gasteiger partial charge in [-0.3, -0.25) is 4.79 Å². The minimum absolute atomic E-state index is 0.175. The number of benzene rings is 1. The predicted octanol–water partition coefficient (Wildman–Crippen LogP) is 3.55. The number of hydrogen-bond donors (Lipinski definition) is 0. The van der Waals surface area contributed by atoms with E-state index in [1.807, 2.05) is 18.2 Å². The Morgan fingerprint density at radius 1 is 1.17 bits per heavy atom. The lowest BCUT2D eigenvalue weighted by Gasteiger charge is -2.15. The van der Waals surface area contributed by atoms with Crippen LogP contribution in [0.1, 0.15) is 49.0 Å². The topological polar surface area (TPSA) is 20.3 Å². The average molecular weight is 247 g/mol. The number of aryl methyl sites for hydroxylation is 1. The van der Waals surface area contributed by atoms with Crippen LogP contribution in [0, 0.1) is 0 Å². The monoisotopic (exact) mass is 247 g/mol. The van der Waals surface area contributed by atoms with Gasteiger partial charge in [0.2, 0.25) is 0 Å². The van der Waals surface area contributed by atoms with E-state index in [1.165, 1.54) is 24.9 Å². The van der Waals surface area contributed by atoms with E-state index in [0.29, 0.717) is 0 Å². The summed E-state index contributed by atoms with van der Waals surface area (Å²) < 4.78 is 0. The molecule has 100 valence electrons. The first-order valence-corrected chi connectivity index (χ1v) is 6.92. The average Bonchev–Trinajstić information content (AvgIpc) is 2.35. The van der Waals surface area contributed by atoms with Crippen LogP contribution >= 0.6 is 0 Å². The molecule has 2 nitrogen and oxygen atoms in total. The van der Waals surface area contributed by atoms with Gasteiger partial charge in [0.25, 0.3) is 0 Å². The zero-order valence-electron chi connectivity index (χ0n) is 11.9. The van der Waals surface area contributed by atoms with Gasteiger partial charge in [0.05, 0.1) is 0 Å². The molecule has 0 unspecified atom stereocenters. The van der Waals surface area contributed by atoms with Gasteiger partial charge in [0.15, 0.2) is 5.78 Å². The maximum atomic E-state index is 11.5. The molecule has 0 amide bonds. The van der Waals surface area contributed by atoms with Gasteiger partial charge >= 0.3 is 0 Å². The summed E-state index contributed by atoms with van der Waals surface area (Å²) in [5.74, 6) is 0.175. The van der Waals surface area contributed by atoms with Crippen LogP contribution < -0.4 is 0 Å².